The maximum absolute atomic E-state index is 5.45. The average molecular weight is 393 g/mol. The highest BCUT2D eigenvalue weighted by Crippen LogP contribution is 2.47. The van der Waals surface area contributed by atoms with Gasteiger partial charge in [0.15, 0.2) is 0 Å². The van der Waals surface area contributed by atoms with E-state index >= 15 is 0 Å². The zero-order chi connectivity index (χ0) is 19.1. The summed E-state index contributed by atoms with van der Waals surface area (Å²) in [6.07, 6.45) is 1.29. The Hall–Kier alpha value is -2.40. The van der Waals surface area contributed by atoms with Crippen LogP contribution in [0.3, 0.4) is 0 Å². The molecular formula is C23H24N2O2S. The lowest BCUT2D eigenvalue weighted by molar-refractivity contribution is 0.412. The molecule has 1 aromatic heterocycles. The number of rotatable bonds is 4. The fourth-order valence-corrected chi connectivity index (χ4v) is 5.51. The molecule has 0 unspecified atom stereocenters. The van der Waals surface area contributed by atoms with Crippen molar-refractivity contribution < 1.29 is 9.47 Å². The van der Waals surface area contributed by atoms with Crippen LogP contribution >= 0.6 is 11.8 Å². The van der Waals surface area contributed by atoms with Crippen LogP contribution in [-0.4, -0.2) is 43.8 Å². The van der Waals surface area contributed by atoms with E-state index in [1.54, 1.807) is 14.2 Å². The van der Waals surface area contributed by atoms with Crippen molar-refractivity contribution in [1.82, 2.24) is 4.98 Å². The van der Waals surface area contributed by atoms with E-state index in [1.807, 2.05) is 24.3 Å². The zero-order valence-electron chi connectivity index (χ0n) is 16.3. The number of hydrogen-bond acceptors (Lipinski definition) is 5. The van der Waals surface area contributed by atoms with Crippen LogP contribution in [0.4, 0.5) is 5.69 Å². The Morgan fingerprint density at radius 1 is 0.964 bits per heavy atom. The van der Waals surface area contributed by atoms with Gasteiger partial charge < -0.3 is 14.4 Å². The van der Waals surface area contributed by atoms with E-state index in [0.717, 1.165) is 41.4 Å². The predicted octanol–water partition coefficient (Wildman–Crippen LogP) is 4.86. The van der Waals surface area contributed by atoms with Gasteiger partial charge in [-0.3, -0.25) is 0 Å². The molecule has 2 saturated heterocycles. The Bertz CT molecular complexity index is 1020. The molecule has 5 heteroatoms. The lowest BCUT2D eigenvalue weighted by atomic mass is 9.91. The summed E-state index contributed by atoms with van der Waals surface area (Å²) >= 11 is 2.08. The topological polar surface area (TPSA) is 34.6 Å². The van der Waals surface area contributed by atoms with Gasteiger partial charge in [0.05, 0.1) is 25.4 Å². The van der Waals surface area contributed by atoms with Gasteiger partial charge >= 0.3 is 0 Å². The molecule has 2 aromatic carbocycles. The van der Waals surface area contributed by atoms with E-state index in [2.05, 4.69) is 40.9 Å². The summed E-state index contributed by atoms with van der Waals surface area (Å²) < 4.78 is 10.8. The molecule has 0 saturated carbocycles. The number of thioether (sulfide) groups is 1. The second-order valence-electron chi connectivity index (χ2n) is 7.80. The van der Waals surface area contributed by atoms with Crippen molar-refractivity contribution in [2.45, 2.75) is 6.42 Å². The van der Waals surface area contributed by atoms with Gasteiger partial charge in [-0.25, -0.2) is 4.98 Å². The first kappa shape index (κ1) is 17.7. The third kappa shape index (κ3) is 2.98. The lowest BCUT2D eigenvalue weighted by Crippen LogP contribution is -2.38. The fraction of sp³-hybridized carbons (Fsp3) is 0.348. The molecule has 0 atom stereocenters. The largest absolute Gasteiger partial charge is 0.497 e. The van der Waals surface area contributed by atoms with Crippen molar-refractivity contribution in [1.29, 1.82) is 0 Å². The number of anilines is 1. The van der Waals surface area contributed by atoms with E-state index in [-0.39, 0.29) is 0 Å². The van der Waals surface area contributed by atoms with Gasteiger partial charge in [-0.05, 0) is 48.9 Å². The Balaban J connectivity index is 1.62. The molecule has 3 heterocycles. The molecule has 0 amide bonds. The fourth-order valence-electron chi connectivity index (χ4n) is 4.26. The van der Waals surface area contributed by atoms with Crippen LogP contribution in [0.2, 0.25) is 0 Å². The van der Waals surface area contributed by atoms with Gasteiger partial charge in [0.25, 0.3) is 0 Å². The van der Waals surface area contributed by atoms with Crippen LogP contribution in [0.25, 0.3) is 22.2 Å². The number of pyridine rings is 1. The second-order valence-corrected chi connectivity index (χ2v) is 8.79. The van der Waals surface area contributed by atoms with Gasteiger partial charge in [0, 0.05) is 52.7 Å². The number of hydrogen-bond donors (Lipinski definition) is 0. The van der Waals surface area contributed by atoms with Crippen LogP contribution in [0, 0.1) is 5.41 Å². The highest BCUT2D eigenvalue weighted by atomic mass is 32.2. The van der Waals surface area contributed by atoms with Crippen LogP contribution in [0.1, 0.15) is 6.42 Å². The van der Waals surface area contributed by atoms with Gasteiger partial charge in [0.1, 0.15) is 11.5 Å². The van der Waals surface area contributed by atoms with E-state index in [1.165, 1.54) is 29.0 Å². The van der Waals surface area contributed by atoms with Gasteiger partial charge in [0.2, 0.25) is 0 Å². The van der Waals surface area contributed by atoms with Crippen molar-refractivity contribution in [3.8, 4) is 22.8 Å². The van der Waals surface area contributed by atoms with E-state index in [4.69, 9.17) is 14.5 Å². The molecule has 2 fully saturated rings. The number of methoxy groups -OCH3 is 2. The molecule has 28 heavy (non-hydrogen) atoms. The number of benzene rings is 2. The highest BCUT2D eigenvalue weighted by Gasteiger charge is 2.44. The van der Waals surface area contributed by atoms with Gasteiger partial charge in [-0.15, -0.1) is 0 Å². The number of aromatic nitrogens is 1. The average Bonchev–Trinajstić information content (AvgIpc) is 3.19. The summed E-state index contributed by atoms with van der Waals surface area (Å²) in [5, 5.41) is 1.20. The molecule has 144 valence electrons. The maximum atomic E-state index is 5.45. The van der Waals surface area contributed by atoms with Crippen molar-refractivity contribution in [2.24, 2.45) is 5.41 Å². The molecule has 0 radical (unpaired) electrons. The van der Waals surface area contributed by atoms with Crippen LogP contribution in [0.15, 0.2) is 48.5 Å². The summed E-state index contributed by atoms with van der Waals surface area (Å²) in [5.74, 6) is 4.29. The van der Waals surface area contributed by atoms with Crippen molar-refractivity contribution in [3.63, 3.8) is 0 Å². The number of nitrogens with zero attached hydrogens (tertiary/aromatic N) is 2. The molecule has 0 N–H and O–H groups in total. The quantitative estimate of drug-likeness (QED) is 0.633. The summed E-state index contributed by atoms with van der Waals surface area (Å²) in [5.41, 5.74) is 4.87. The molecule has 2 aliphatic heterocycles. The Morgan fingerprint density at radius 3 is 2.36 bits per heavy atom. The van der Waals surface area contributed by atoms with Gasteiger partial charge in [-0.1, -0.05) is 0 Å². The van der Waals surface area contributed by atoms with Gasteiger partial charge in [-0.2, -0.15) is 11.8 Å². The van der Waals surface area contributed by atoms with Crippen molar-refractivity contribution in [3.05, 3.63) is 48.5 Å². The summed E-state index contributed by atoms with van der Waals surface area (Å²) in [6, 6.07) is 16.6. The molecule has 5 rings (SSSR count). The van der Waals surface area contributed by atoms with Crippen LogP contribution in [-0.2, 0) is 0 Å². The van der Waals surface area contributed by atoms with E-state index in [0.29, 0.717) is 5.41 Å². The number of ether oxygens (including phenoxy) is 2. The SMILES string of the molecule is COc1ccc(-c2cc(N3CCC4(CSC4)C3)c3ccc(OC)cc3n2)cc1. The number of fused-ring (bicyclic) bond motifs is 1. The van der Waals surface area contributed by atoms with E-state index in [9.17, 15) is 0 Å². The van der Waals surface area contributed by atoms with E-state index < -0.39 is 0 Å². The Labute approximate surface area is 169 Å². The highest BCUT2D eigenvalue weighted by molar-refractivity contribution is 8.00. The lowest BCUT2D eigenvalue weighted by Gasteiger charge is -2.37. The van der Waals surface area contributed by atoms with Crippen molar-refractivity contribution in [2.75, 3.05) is 43.7 Å². The monoisotopic (exact) mass is 392 g/mol. The summed E-state index contributed by atoms with van der Waals surface area (Å²) in [6.45, 7) is 2.26. The molecule has 3 aromatic rings. The minimum absolute atomic E-state index is 0.521. The maximum Gasteiger partial charge on any atom is 0.121 e. The zero-order valence-corrected chi connectivity index (χ0v) is 17.1. The van der Waals surface area contributed by atoms with Crippen molar-refractivity contribution >= 4 is 28.4 Å². The molecule has 2 aliphatic rings. The summed E-state index contributed by atoms with van der Waals surface area (Å²) in [7, 11) is 3.39. The molecule has 0 bridgehead atoms. The smallest absolute Gasteiger partial charge is 0.121 e. The minimum Gasteiger partial charge on any atom is -0.497 e. The first-order chi connectivity index (χ1) is 13.7. The first-order valence-corrected chi connectivity index (χ1v) is 10.8. The normalized spacial score (nSPS) is 17.7. The van der Waals surface area contributed by atoms with Crippen LogP contribution < -0.4 is 14.4 Å². The second kappa shape index (κ2) is 6.89. The third-order valence-corrected chi connectivity index (χ3v) is 7.61. The Morgan fingerprint density at radius 2 is 1.71 bits per heavy atom. The molecule has 1 spiro atoms. The van der Waals surface area contributed by atoms with Crippen LogP contribution in [0.5, 0.6) is 11.5 Å². The molecular weight excluding hydrogens is 368 g/mol. The third-order valence-electron chi connectivity index (χ3n) is 5.98. The summed E-state index contributed by atoms with van der Waals surface area (Å²) in [4.78, 5) is 7.52. The Kier molecular flexibility index (Phi) is 4.35. The predicted molar refractivity (Wildman–Crippen MR) is 117 cm³/mol. The minimum atomic E-state index is 0.521. The molecule has 4 nitrogen and oxygen atoms in total. The standard InChI is InChI=1S/C23H24N2O2S/c1-26-17-5-3-16(4-6-17)20-12-22(25-10-9-23(13-25)14-28-15-23)19-8-7-18(27-2)11-21(19)24-20/h3-8,11-12H,9-10,13-15H2,1-2H3. The first-order valence-electron chi connectivity index (χ1n) is 9.66. The molecule has 0 aliphatic carbocycles.